The first kappa shape index (κ1) is 21.5. The molecule has 10 saturated heterocycles. The Bertz CT molecular complexity index is 2000. The first-order valence-electron chi connectivity index (χ1n) is 16.0. The van der Waals surface area contributed by atoms with Crippen LogP contribution < -0.4 is 15.6 Å². The van der Waals surface area contributed by atoms with Crippen LogP contribution in [0.3, 0.4) is 0 Å². The first-order valence-corrected chi connectivity index (χ1v) is 25.7. The molecule has 1 spiro atoms. The van der Waals surface area contributed by atoms with Gasteiger partial charge >= 0.3 is 234 Å². The molecule has 208 valence electrons. The Labute approximate surface area is 232 Å². The molecule has 0 aliphatic carbocycles. The summed E-state index contributed by atoms with van der Waals surface area (Å²) in [6.07, 6.45) is 1.68. The molecule has 13 rings (SSSR count). The van der Waals surface area contributed by atoms with Crippen LogP contribution in [0.2, 0.25) is 46.8 Å². The average molecular weight is 603 g/mol. The Kier molecular flexibility index (Phi) is 1.74. The van der Waals surface area contributed by atoms with Crippen LogP contribution in [0.15, 0.2) is 91.0 Å². The van der Waals surface area contributed by atoms with Crippen molar-refractivity contribution in [2.45, 2.75) is 98.6 Å². The van der Waals surface area contributed by atoms with Crippen molar-refractivity contribution in [2.75, 3.05) is 6.16 Å². The summed E-state index contributed by atoms with van der Waals surface area (Å²) in [6.45, 7) is 11.8. The standard InChI is InChI=1S/C32H38PSi.C5H5.Fe/c1-31(2,3)33(32(4,5)6)25-26-22-23-30(24-26)34(27-16-10-7-11-17-27,28-18-12-8-13-19-28)29-20-14-9-15-21-29;1-2-4-5-3-1;/h7-24H,25H2,1-6H3;1-5H;. The summed E-state index contributed by atoms with van der Waals surface area (Å²) in [5.41, 5.74) is 0. The minimum absolute atomic E-state index is 0.0194. The maximum atomic E-state index is 2.61. The van der Waals surface area contributed by atoms with Crippen LogP contribution in [-0.4, -0.2) is 24.5 Å². The first-order chi connectivity index (χ1) is 18.8. The van der Waals surface area contributed by atoms with E-state index in [1.54, 1.807) is 21.7 Å². The van der Waals surface area contributed by atoms with Crippen LogP contribution in [0.4, 0.5) is 0 Å². The van der Waals surface area contributed by atoms with Crippen LogP contribution >= 0.6 is 7.92 Å². The van der Waals surface area contributed by atoms with E-state index in [1.165, 1.54) is 38.5 Å². The Morgan fingerprint density at radius 2 is 0.975 bits per heavy atom. The topological polar surface area (TPSA) is 0 Å². The van der Waals surface area contributed by atoms with Crippen molar-refractivity contribution in [3.05, 3.63) is 91.0 Å². The average Bonchev–Trinajstić information content (AvgIpc) is 3.88. The Hall–Kier alpha value is -1.17. The number of benzene rings is 3. The fraction of sp³-hybridized carbons (Fsp3) is 0.514. The van der Waals surface area contributed by atoms with Gasteiger partial charge in [0.25, 0.3) is 0 Å². The Morgan fingerprint density at radius 3 is 1.27 bits per heavy atom. The number of hydrogen-bond donors (Lipinski definition) is 0. The van der Waals surface area contributed by atoms with Crippen molar-refractivity contribution >= 4 is 31.6 Å². The molecule has 10 fully saturated rings. The SMILES string of the molecule is CC(C)(C)P(C[C]12[CH]3[CH]4[C]5([Si](c6ccccc6)(c6ccccc6)c6ccccc6)[CH]1[Fe]34251678[CH]2[CH]1[CH]6[CH]7[CH]28)C(C)(C)C. The second kappa shape index (κ2) is 3.24. The van der Waals surface area contributed by atoms with Crippen LogP contribution in [0.5, 0.6) is 0 Å². The molecule has 5 unspecified atom stereocenters. The summed E-state index contributed by atoms with van der Waals surface area (Å²) >= 11 is 0. The van der Waals surface area contributed by atoms with Gasteiger partial charge in [0.2, 0.25) is 0 Å². The molecule has 0 radical (unpaired) electrons. The minimum atomic E-state index is -3.88. The van der Waals surface area contributed by atoms with E-state index in [-0.39, 0.29) is 7.92 Å². The molecule has 3 aromatic carbocycles. The van der Waals surface area contributed by atoms with Crippen LogP contribution in [0.1, 0.15) is 41.5 Å². The molecule has 3 heteroatoms. The van der Waals surface area contributed by atoms with Crippen molar-refractivity contribution in [3.8, 4) is 0 Å². The third-order valence-electron chi connectivity index (χ3n) is 21.3. The van der Waals surface area contributed by atoms with Gasteiger partial charge in [-0.25, -0.2) is 0 Å². The molecule has 10 heterocycles. The molecule has 0 amide bonds. The van der Waals surface area contributed by atoms with Crippen molar-refractivity contribution in [1.29, 1.82) is 0 Å². The van der Waals surface area contributed by atoms with E-state index in [1.807, 2.05) is 0 Å². The van der Waals surface area contributed by atoms with Crippen molar-refractivity contribution in [3.63, 3.8) is 0 Å². The van der Waals surface area contributed by atoms with Gasteiger partial charge in [0.1, 0.15) is 0 Å². The molecule has 5 atom stereocenters. The zero-order valence-corrected chi connectivity index (χ0v) is 27.8. The van der Waals surface area contributed by atoms with Gasteiger partial charge in [0, 0.05) is 0 Å². The summed E-state index contributed by atoms with van der Waals surface area (Å²) in [5, 5.41) is 6.21. The summed E-state index contributed by atoms with van der Waals surface area (Å²) < 4.78 is 1.67. The molecule has 0 bridgehead atoms. The summed E-state index contributed by atoms with van der Waals surface area (Å²) in [5.74, 6) is 0. The van der Waals surface area contributed by atoms with Gasteiger partial charge in [-0.1, -0.05) is 0 Å². The normalized spacial score (nSPS) is 60.6. The molecule has 0 N–H and O–H groups in total. The van der Waals surface area contributed by atoms with Gasteiger partial charge in [-0.05, 0) is 0 Å². The number of hydrogen-bond acceptors (Lipinski definition) is 0. The third kappa shape index (κ3) is 0.551. The van der Waals surface area contributed by atoms with Crippen molar-refractivity contribution in [1.82, 2.24) is 0 Å². The fourth-order valence-corrected chi connectivity index (χ4v) is 130. The summed E-state index contributed by atoms with van der Waals surface area (Å²) in [6, 6.07) is 36.9. The Morgan fingerprint density at radius 1 is 0.600 bits per heavy atom. The van der Waals surface area contributed by atoms with Crippen molar-refractivity contribution < 1.29 is 6.51 Å². The molecule has 3 aromatic rings. The molecule has 10 aliphatic heterocycles. The summed E-state index contributed by atoms with van der Waals surface area (Å²) in [7, 11) is -2.27. The van der Waals surface area contributed by atoms with Gasteiger partial charge in [-0.2, -0.15) is 0 Å². The molecule has 0 nitrogen and oxygen atoms in total. The predicted molar refractivity (Wildman–Crippen MR) is 171 cm³/mol. The van der Waals surface area contributed by atoms with E-state index in [9.17, 15) is 0 Å². The molecular weight excluding hydrogens is 559 g/mol. The van der Waals surface area contributed by atoms with Crippen LogP contribution in [-0.2, 0) is 6.51 Å². The molecule has 0 saturated carbocycles. The number of rotatable bonds is 6. The fourth-order valence-electron chi connectivity index (χ4n) is 23.4. The van der Waals surface area contributed by atoms with Gasteiger partial charge in [0.15, 0.2) is 0 Å². The van der Waals surface area contributed by atoms with Crippen LogP contribution in [0, 0.1) is 0 Å². The third-order valence-corrected chi connectivity index (χ3v) is 79.6. The summed E-state index contributed by atoms with van der Waals surface area (Å²) in [4.78, 5) is 10.3. The van der Waals surface area contributed by atoms with Gasteiger partial charge in [0.05, 0.1) is 0 Å². The second-order valence-corrected chi connectivity index (χ2v) is 51.4. The van der Waals surface area contributed by atoms with E-state index in [4.69, 9.17) is 0 Å². The molecule has 0 aromatic heterocycles. The van der Waals surface area contributed by atoms with Crippen LogP contribution in [0.25, 0.3) is 0 Å². The van der Waals surface area contributed by atoms with Gasteiger partial charge < -0.3 is 0 Å². The van der Waals surface area contributed by atoms with Gasteiger partial charge in [-0.3, -0.25) is 0 Å². The Balaban J connectivity index is 1.16. The molecule has 40 heavy (non-hydrogen) atoms. The molecule has 10 aliphatic rings. The predicted octanol–water partition coefficient (Wildman–Crippen LogP) is 8.90. The van der Waals surface area contributed by atoms with E-state index in [0.29, 0.717) is 10.3 Å². The molecular formula is C37H43FePSi. The van der Waals surface area contributed by atoms with E-state index in [2.05, 4.69) is 133 Å². The van der Waals surface area contributed by atoms with E-state index in [0.717, 1.165) is 8.25 Å². The zero-order chi connectivity index (χ0) is 27.1. The second-order valence-electron chi connectivity index (χ2n) is 19.7. The maximum absolute atomic E-state index is 3.88. The van der Waals surface area contributed by atoms with E-state index < -0.39 is 14.6 Å². The van der Waals surface area contributed by atoms with E-state index >= 15 is 0 Å². The monoisotopic (exact) mass is 602 g/mol. The quantitative estimate of drug-likeness (QED) is 0.150. The van der Waals surface area contributed by atoms with Crippen molar-refractivity contribution in [2.24, 2.45) is 0 Å². The zero-order valence-electron chi connectivity index (χ0n) is 24.8. The van der Waals surface area contributed by atoms with Gasteiger partial charge in [-0.15, -0.1) is 0 Å². The number of fused-ring (bicyclic) bond motifs is 10.